The van der Waals surface area contributed by atoms with Crippen LogP contribution >= 0.6 is 12.2 Å². The van der Waals surface area contributed by atoms with E-state index < -0.39 is 0 Å². The predicted octanol–water partition coefficient (Wildman–Crippen LogP) is 4.31. The van der Waals surface area contributed by atoms with E-state index in [1.54, 1.807) is 18.2 Å². The molecule has 0 spiro atoms. The highest BCUT2D eigenvalue weighted by molar-refractivity contribution is 7.80. The molecular formula is C25H19N3O2S. The third-order valence-electron chi connectivity index (χ3n) is 5.19. The van der Waals surface area contributed by atoms with Crippen molar-refractivity contribution in [3.8, 4) is 17.3 Å². The molecule has 0 aliphatic carbocycles. The van der Waals surface area contributed by atoms with Gasteiger partial charge in [-0.1, -0.05) is 54.7 Å². The van der Waals surface area contributed by atoms with Crippen LogP contribution in [0.1, 0.15) is 23.2 Å². The van der Waals surface area contributed by atoms with Crippen LogP contribution in [0.2, 0.25) is 0 Å². The lowest BCUT2D eigenvalue weighted by molar-refractivity contribution is -0.127. The Labute approximate surface area is 185 Å². The number of amides is 1. The van der Waals surface area contributed by atoms with Crippen molar-refractivity contribution in [2.75, 3.05) is 6.54 Å². The summed E-state index contributed by atoms with van der Waals surface area (Å²) in [6.07, 6.45) is 2.32. The number of likely N-dealkylation sites (tertiary alicyclic amines) is 1. The van der Waals surface area contributed by atoms with Gasteiger partial charge in [0.2, 0.25) is 0 Å². The molecular weight excluding hydrogens is 406 g/mol. The molecule has 2 heterocycles. The number of aromatic amines is 1. The fraction of sp³-hybridized carbons (Fsp3) is 0.120. The standard InChI is InChI=1S/C25H19N3O2S/c26-16-18-6-8-19(9-7-18)22-11-10-20(27-22)14-21-23(29)15-24(31)28(25(21)30)13-12-17-4-2-1-3-5-17/h1-11,14,27H,12-13,15H2/b21-14+. The van der Waals surface area contributed by atoms with Gasteiger partial charge in [0, 0.05) is 17.9 Å². The van der Waals surface area contributed by atoms with Gasteiger partial charge in [0.05, 0.1) is 28.6 Å². The molecule has 152 valence electrons. The normalized spacial score (nSPS) is 15.4. The number of nitriles is 1. The quantitative estimate of drug-likeness (QED) is 0.375. The lowest BCUT2D eigenvalue weighted by Gasteiger charge is -2.28. The van der Waals surface area contributed by atoms with Gasteiger partial charge in [-0.15, -0.1) is 0 Å². The van der Waals surface area contributed by atoms with Crippen molar-refractivity contribution in [3.05, 3.63) is 89.1 Å². The van der Waals surface area contributed by atoms with Crippen molar-refractivity contribution < 1.29 is 9.59 Å². The molecule has 0 unspecified atom stereocenters. The third kappa shape index (κ3) is 4.52. The van der Waals surface area contributed by atoms with Crippen molar-refractivity contribution in [3.63, 3.8) is 0 Å². The number of hydrogen-bond acceptors (Lipinski definition) is 4. The summed E-state index contributed by atoms with van der Waals surface area (Å²) >= 11 is 5.33. The van der Waals surface area contributed by atoms with E-state index in [1.165, 1.54) is 4.90 Å². The number of benzene rings is 2. The minimum Gasteiger partial charge on any atom is -0.355 e. The number of carbonyl (C=O) groups is 2. The fourth-order valence-electron chi connectivity index (χ4n) is 3.50. The van der Waals surface area contributed by atoms with E-state index in [0.717, 1.165) is 16.8 Å². The molecule has 0 saturated carbocycles. The van der Waals surface area contributed by atoms with E-state index in [-0.39, 0.29) is 23.7 Å². The zero-order valence-corrected chi connectivity index (χ0v) is 17.5. The molecule has 1 aliphatic rings. The highest BCUT2D eigenvalue weighted by atomic mass is 32.1. The summed E-state index contributed by atoms with van der Waals surface area (Å²) < 4.78 is 0. The number of hydrogen-bond donors (Lipinski definition) is 1. The monoisotopic (exact) mass is 425 g/mol. The number of Topliss-reactive ketones (excluding diaryl/α,β-unsaturated/α-hetero) is 1. The van der Waals surface area contributed by atoms with Gasteiger partial charge in [0.15, 0.2) is 5.78 Å². The van der Waals surface area contributed by atoms with Crippen LogP contribution in [-0.2, 0) is 16.0 Å². The first-order valence-corrected chi connectivity index (χ1v) is 10.3. The molecule has 0 atom stereocenters. The number of nitrogens with zero attached hydrogens (tertiary/aromatic N) is 2. The first-order valence-electron chi connectivity index (χ1n) is 9.88. The van der Waals surface area contributed by atoms with Gasteiger partial charge in [0.1, 0.15) is 0 Å². The molecule has 4 rings (SSSR count). The molecule has 0 radical (unpaired) electrons. The Kier molecular flexibility index (Phi) is 5.87. The maximum absolute atomic E-state index is 13.0. The number of nitrogens with one attached hydrogen (secondary N) is 1. The van der Waals surface area contributed by atoms with Crippen LogP contribution in [0.15, 0.2) is 72.3 Å². The number of piperidine rings is 1. The van der Waals surface area contributed by atoms with Crippen LogP contribution in [0.4, 0.5) is 0 Å². The topological polar surface area (TPSA) is 77.0 Å². The van der Waals surface area contributed by atoms with Crippen molar-refractivity contribution in [1.82, 2.24) is 9.88 Å². The maximum Gasteiger partial charge on any atom is 0.262 e. The first-order chi connectivity index (χ1) is 15.0. The van der Waals surface area contributed by atoms with Crippen molar-refractivity contribution in [2.45, 2.75) is 12.8 Å². The molecule has 1 aromatic heterocycles. The second-order valence-corrected chi connectivity index (χ2v) is 7.73. The van der Waals surface area contributed by atoms with E-state index >= 15 is 0 Å². The fourth-order valence-corrected chi connectivity index (χ4v) is 3.81. The van der Waals surface area contributed by atoms with Gasteiger partial charge in [-0.3, -0.25) is 9.59 Å². The van der Waals surface area contributed by atoms with Gasteiger partial charge >= 0.3 is 0 Å². The van der Waals surface area contributed by atoms with Crippen molar-refractivity contribution in [2.24, 2.45) is 0 Å². The minimum atomic E-state index is -0.355. The number of carbonyl (C=O) groups excluding carboxylic acids is 2. The van der Waals surface area contributed by atoms with E-state index in [2.05, 4.69) is 11.1 Å². The van der Waals surface area contributed by atoms with Crippen LogP contribution in [0.5, 0.6) is 0 Å². The molecule has 1 saturated heterocycles. The Balaban J connectivity index is 1.54. The summed E-state index contributed by atoms with van der Waals surface area (Å²) in [5, 5.41) is 8.94. The largest absolute Gasteiger partial charge is 0.355 e. The van der Waals surface area contributed by atoms with Gasteiger partial charge in [-0.25, -0.2) is 0 Å². The van der Waals surface area contributed by atoms with Crippen LogP contribution < -0.4 is 0 Å². The molecule has 0 bridgehead atoms. The van der Waals surface area contributed by atoms with Crippen molar-refractivity contribution in [1.29, 1.82) is 5.26 Å². The third-order valence-corrected chi connectivity index (χ3v) is 5.55. The first kappa shape index (κ1) is 20.5. The zero-order chi connectivity index (χ0) is 21.8. The summed E-state index contributed by atoms with van der Waals surface area (Å²) in [7, 11) is 0. The summed E-state index contributed by atoms with van der Waals surface area (Å²) in [6, 6.07) is 22.8. The van der Waals surface area contributed by atoms with Crippen LogP contribution in [-0.4, -0.2) is 33.1 Å². The molecule has 1 N–H and O–H groups in total. The van der Waals surface area contributed by atoms with E-state index in [9.17, 15) is 9.59 Å². The lowest BCUT2D eigenvalue weighted by Crippen LogP contribution is -2.45. The molecule has 31 heavy (non-hydrogen) atoms. The minimum absolute atomic E-state index is 0.0604. The average molecular weight is 426 g/mol. The van der Waals surface area contributed by atoms with E-state index in [0.29, 0.717) is 29.2 Å². The molecule has 1 aliphatic heterocycles. The molecule has 1 fully saturated rings. The highest BCUT2D eigenvalue weighted by Gasteiger charge is 2.33. The van der Waals surface area contributed by atoms with Crippen LogP contribution in [0, 0.1) is 11.3 Å². The predicted molar refractivity (Wildman–Crippen MR) is 123 cm³/mol. The smallest absolute Gasteiger partial charge is 0.262 e. The number of aromatic nitrogens is 1. The Morgan fingerprint density at radius 3 is 2.48 bits per heavy atom. The summed E-state index contributed by atoms with van der Waals surface area (Å²) in [5.74, 6) is -0.618. The summed E-state index contributed by atoms with van der Waals surface area (Å²) in [6.45, 7) is 0.438. The van der Waals surface area contributed by atoms with E-state index in [4.69, 9.17) is 17.5 Å². The van der Waals surface area contributed by atoms with Gasteiger partial charge in [-0.2, -0.15) is 5.26 Å². The molecule has 3 aromatic rings. The lowest BCUT2D eigenvalue weighted by atomic mass is 10.00. The molecule has 2 aromatic carbocycles. The van der Waals surface area contributed by atoms with Gasteiger partial charge in [-0.05, 0) is 47.9 Å². The zero-order valence-electron chi connectivity index (χ0n) is 16.7. The van der Waals surface area contributed by atoms with Gasteiger partial charge < -0.3 is 9.88 Å². The SMILES string of the molecule is N#Cc1ccc(-c2ccc(/C=C3\C(=O)CC(=S)N(CCc4ccccc4)C3=O)[nH]2)cc1. The number of H-pyrrole nitrogens is 1. The Hall–Kier alpha value is -3.82. The Morgan fingerprint density at radius 2 is 1.77 bits per heavy atom. The Morgan fingerprint density at radius 1 is 1.03 bits per heavy atom. The number of rotatable bonds is 5. The molecule has 5 nitrogen and oxygen atoms in total. The second kappa shape index (κ2) is 8.90. The highest BCUT2D eigenvalue weighted by Crippen LogP contribution is 2.23. The summed E-state index contributed by atoms with van der Waals surface area (Å²) in [5.41, 5.74) is 4.24. The van der Waals surface area contributed by atoms with E-state index in [1.807, 2.05) is 54.6 Å². The molecule has 1 amide bonds. The molecule has 6 heteroatoms. The van der Waals surface area contributed by atoms with Crippen LogP contribution in [0.3, 0.4) is 0 Å². The summed E-state index contributed by atoms with van der Waals surface area (Å²) in [4.78, 5) is 30.7. The number of thiocarbonyl (C=S) groups is 1. The number of ketones is 1. The maximum atomic E-state index is 13.0. The van der Waals surface area contributed by atoms with Crippen molar-refractivity contribution >= 4 is 35.0 Å². The average Bonchev–Trinajstić information content (AvgIpc) is 3.26. The van der Waals surface area contributed by atoms with Gasteiger partial charge in [0.25, 0.3) is 5.91 Å². The Bertz CT molecular complexity index is 1220. The van der Waals surface area contributed by atoms with Crippen LogP contribution in [0.25, 0.3) is 17.3 Å². The second-order valence-electron chi connectivity index (χ2n) is 7.26.